The molecule has 2 heterocycles. The van der Waals surface area contributed by atoms with E-state index in [1.807, 2.05) is 6.20 Å². The van der Waals surface area contributed by atoms with E-state index in [0.29, 0.717) is 6.54 Å². The van der Waals surface area contributed by atoms with Gasteiger partial charge in [0, 0.05) is 25.8 Å². The number of ether oxygens (including phenoxy) is 1. The molecule has 1 aromatic rings. The number of aryl methyl sites for hydroxylation is 1. The second kappa shape index (κ2) is 5.02. The molecule has 0 amide bonds. The van der Waals surface area contributed by atoms with Crippen molar-refractivity contribution in [3.05, 3.63) is 23.4 Å². The molecule has 1 fully saturated rings. The zero-order valence-electron chi connectivity index (χ0n) is 10.8. The molecular weight excluding hydrogens is 214 g/mol. The number of hydrogen-bond acceptors (Lipinski definition) is 4. The summed E-state index contributed by atoms with van der Waals surface area (Å²) in [7, 11) is 0. The predicted octanol–water partition coefficient (Wildman–Crippen LogP) is 1.46. The molecule has 1 saturated heterocycles. The standard InChI is InChI=1S/C13H21N3O/c1-9-4-12(5-14)6-15-13(9)16-7-10(2)17-11(3)8-16/h4,6,10-11H,5,7-8,14H2,1-3H3/t10-,11+. The van der Waals surface area contributed by atoms with Gasteiger partial charge in [0.2, 0.25) is 0 Å². The number of morpholine rings is 1. The molecule has 0 saturated carbocycles. The van der Waals surface area contributed by atoms with Crippen molar-refractivity contribution in [1.29, 1.82) is 0 Å². The average Bonchev–Trinajstić information content (AvgIpc) is 2.27. The first kappa shape index (κ1) is 12.3. The van der Waals surface area contributed by atoms with Crippen molar-refractivity contribution < 1.29 is 4.74 Å². The van der Waals surface area contributed by atoms with Gasteiger partial charge in [0.1, 0.15) is 5.82 Å². The fourth-order valence-electron chi connectivity index (χ4n) is 2.42. The Bertz CT molecular complexity index is 384. The molecule has 0 spiro atoms. The van der Waals surface area contributed by atoms with E-state index in [1.165, 1.54) is 5.56 Å². The van der Waals surface area contributed by atoms with Crippen LogP contribution in [0.2, 0.25) is 0 Å². The summed E-state index contributed by atoms with van der Waals surface area (Å²) in [5, 5.41) is 0. The summed E-state index contributed by atoms with van der Waals surface area (Å²) in [6.07, 6.45) is 2.39. The van der Waals surface area contributed by atoms with Crippen LogP contribution in [0.5, 0.6) is 0 Å². The molecule has 1 aromatic heterocycles. The van der Waals surface area contributed by atoms with Gasteiger partial charge >= 0.3 is 0 Å². The van der Waals surface area contributed by atoms with Crippen LogP contribution in [0.3, 0.4) is 0 Å². The van der Waals surface area contributed by atoms with Gasteiger partial charge in [-0.15, -0.1) is 0 Å². The molecular formula is C13H21N3O. The summed E-state index contributed by atoms with van der Waals surface area (Å²) in [6, 6.07) is 2.12. The Hall–Kier alpha value is -1.13. The third-order valence-electron chi connectivity index (χ3n) is 3.06. The first-order valence-electron chi connectivity index (χ1n) is 6.16. The minimum absolute atomic E-state index is 0.258. The largest absolute Gasteiger partial charge is 0.372 e. The van der Waals surface area contributed by atoms with E-state index in [9.17, 15) is 0 Å². The second-order valence-corrected chi connectivity index (χ2v) is 4.85. The molecule has 2 rings (SSSR count). The Morgan fingerprint density at radius 2 is 2.06 bits per heavy atom. The molecule has 0 unspecified atom stereocenters. The Morgan fingerprint density at radius 1 is 1.41 bits per heavy atom. The minimum Gasteiger partial charge on any atom is -0.372 e. The van der Waals surface area contributed by atoms with Gasteiger partial charge in [-0.2, -0.15) is 0 Å². The highest BCUT2D eigenvalue weighted by Crippen LogP contribution is 2.22. The Kier molecular flexibility index (Phi) is 3.64. The van der Waals surface area contributed by atoms with E-state index in [1.54, 1.807) is 0 Å². The van der Waals surface area contributed by atoms with Gasteiger partial charge in [0.25, 0.3) is 0 Å². The highest BCUT2D eigenvalue weighted by molar-refractivity contribution is 5.48. The highest BCUT2D eigenvalue weighted by atomic mass is 16.5. The highest BCUT2D eigenvalue weighted by Gasteiger charge is 2.24. The van der Waals surface area contributed by atoms with Gasteiger partial charge in [-0.05, 0) is 38.0 Å². The van der Waals surface area contributed by atoms with Crippen LogP contribution in [0.15, 0.2) is 12.3 Å². The van der Waals surface area contributed by atoms with Crippen LogP contribution in [0, 0.1) is 6.92 Å². The maximum atomic E-state index is 5.73. The van der Waals surface area contributed by atoms with Crippen molar-refractivity contribution in [2.75, 3.05) is 18.0 Å². The zero-order valence-corrected chi connectivity index (χ0v) is 10.8. The molecule has 0 radical (unpaired) electrons. The van der Waals surface area contributed by atoms with E-state index in [4.69, 9.17) is 10.5 Å². The minimum atomic E-state index is 0.258. The van der Waals surface area contributed by atoms with Crippen molar-refractivity contribution in [3.8, 4) is 0 Å². The van der Waals surface area contributed by atoms with E-state index < -0.39 is 0 Å². The lowest BCUT2D eigenvalue weighted by atomic mass is 10.1. The molecule has 4 heteroatoms. The molecule has 0 aliphatic carbocycles. The molecule has 0 aromatic carbocycles. The fraction of sp³-hybridized carbons (Fsp3) is 0.615. The average molecular weight is 235 g/mol. The van der Waals surface area contributed by atoms with Gasteiger partial charge in [0.15, 0.2) is 0 Å². The van der Waals surface area contributed by atoms with E-state index in [0.717, 1.165) is 24.5 Å². The number of rotatable bonds is 2. The van der Waals surface area contributed by atoms with Gasteiger partial charge in [0.05, 0.1) is 12.2 Å². The van der Waals surface area contributed by atoms with E-state index in [2.05, 4.69) is 36.7 Å². The van der Waals surface area contributed by atoms with Crippen LogP contribution in [-0.4, -0.2) is 30.3 Å². The van der Waals surface area contributed by atoms with Crippen LogP contribution in [-0.2, 0) is 11.3 Å². The number of nitrogens with zero attached hydrogens (tertiary/aromatic N) is 2. The topological polar surface area (TPSA) is 51.4 Å². The first-order chi connectivity index (χ1) is 8.10. The maximum absolute atomic E-state index is 5.73. The lowest BCUT2D eigenvalue weighted by Crippen LogP contribution is -2.46. The van der Waals surface area contributed by atoms with Gasteiger partial charge < -0.3 is 15.4 Å². The van der Waals surface area contributed by atoms with Crippen LogP contribution in [0.25, 0.3) is 0 Å². The van der Waals surface area contributed by atoms with E-state index in [-0.39, 0.29) is 12.2 Å². The van der Waals surface area contributed by atoms with E-state index >= 15 is 0 Å². The summed E-state index contributed by atoms with van der Waals surface area (Å²) >= 11 is 0. The summed E-state index contributed by atoms with van der Waals surface area (Å²) in [5.74, 6) is 1.06. The summed E-state index contributed by atoms with van der Waals surface area (Å²) in [4.78, 5) is 6.83. The Balaban J connectivity index is 2.21. The molecule has 94 valence electrons. The summed E-state index contributed by atoms with van der Waals surface area (Å²) < 4.78 is 5.73. The smallest absolute Gasteiger partial charge is 0.131 e. The number of anilines is 1. The maximum Gasteiger partial charge on any atom is 0.131 e. The number of nitrogens with two attached hydrogens (primary N) is 1. The van der Waals surface area contributed by atoms with Crippen molar-refractivity contribution in [2.24, 2.45) is 5.73 Å². The monoisotopic (exact) mass is 235 g/mol. The number of hydrogen-bond donors (Lipinski definition) is 1. The van der Waals surface area contributed by atoms with Gasteiger partial charge in [-0.25, -0.2) is 4.98 Å². The lowest BCUT2D eigenvalue weighted by molar-refractivity contribution is -0.00549. The molecule has 0 bridgehead atoms. The lowest BCUT2D eigenvalue weighted by Gasteiger charge is -2.36. The second-order valence-electron chi connectivity index (χ2n) is 4.85. The van der Waals surface area contributed by atoms with Crippen LogP contribution >= 0.6 is 0 Å². The molecule has 2 N–H and O–H groups in total. The fourth-order valence-corrected chi connectivity index (χ4v) is 2.42. The van der Waals surface area contributed by atoms with Crippen LogP contribution < -0.4 is 10.6 Å². The van der Waals surface area contributed by atoms with Crippen molar-refractivity contribution in [2.45, 2.75) is 39.5 Å². The van der Waals surface area contributed by atoms with Crippen molar-refractivity contribution in [1.82, 2.24) is 4.98 Å². The molecule has 4 nitrogen and oxygen atoms in total. The first-order valence-corrected chi connectivity index (χ1v) is 6.16. The quantitative estimate of drug-likeness (QED) is 0.843. The normalized spacial score (nSPS) is 25.1. The van der Waals surface area contributed by atoms with Crippen LogP contribution in [0.1, 0.15) is 25.0 Å². The number of pyridine rings is 1. The Morgan fingerprint density at radius 3 is 2.59 bits per heavy atom. The van der Waals surface area contributed by atoms with Gasteiger partial charge in [-0.1, -0.05) is 0 Å². The molecule has 2 atom stereocenters. The molecule has 17 heavy (non-hydrogen) atoms. The third kappa shape index (κ3) is 2.76. The summed E-state index contributed by atoms with van der Waals surface area (Å²) in [6.45, 7) is 8.65. The molecule has 1 aliphatic rings. The third-order valence-corrected chi connectivity index (χ3v) is 3.06. The SMILES string of the molecule is Cc1cc(CN)cnc1N1C[C@@H](C)O[C@@H](C)C1. The van der Waals surface area contributed by atoms with Crippen LogP contribution in [0.4, 0.5) is 5.82 Å². The van der Waals surface area contributed by atoms with Gasteiger partial charge in [-0.3, -0.25) is 0 Å². The molecule has 1 aliphatic heterocycles. The predicted molar refractivity (Wildman–Crippen MR) is 69.1 cm³/mol. The summed E-state index contributed by atoms with van der Waals surface area (Å²) in [5.41, 5.74) is 7.89. The zero-order chi connectivity index (χ0) is 12.4. The number of aromatic nitrogens is 1. The van der Waals surface area contributed by atoms with Crippen molar-refractivity contribution in [3.63, 3.8) is 0 Å². The van der Waals surface area contributed by atoms with Crippen molar-refractivity contribution >= 4 is 5.82 Å². The Labute approximate surface area is 103 Å².